The molecule has 0 aliphatic heterocycles. The lowest BCUT2D eigenvalue weighted by Gasteiger charge is -2.30. The number of carbonyl (C=O) groups is 1. The summed E-state index contributed by atoms with van der Waals surface area (Å²) in [6.07, 6.45) is 1.61. The molecule has 0 aromatic heterocycles. The zero-order valence-corrected chi connectivity index (χ0v) is 12.6. The van der Waals surface area contributed by atoms with Crippen LogP contribution in [-0.2, 0) is 0 Å². The van der Waals surface area contributed by atoms with E-state index in [0.29, 0.717) is 17.4 Å². The largest absolute Gasteiger partial charge is 0.334 e. The van der Waals surface area contributed by atoms with Crippen LogP contribution < -0.4 is 0 Å². The van der Waals surface area contributed by atoms with Crippen molar-refractivity contribution in [2.24, 2.45) is 0 Å². The summed E-state index contributed by atoms with van der Waals surface area (Å²) < 4.78 is 13.8. The molecule has 2 nitrogen and oxygen atoms in total. The smallest absolute Gasteiger partial charge is 0.257 e. The number of rotatable bonds is 6. The van der Waals surface area contributed by atoms with Crippen molar-refractivity contribution >= 4 is 29.1 Å². The number of benzene rings is 1. The van der Waals surface area contributed by atoms with Crippen LogP contribution in [-0.4, -0.2) is 29.3 Å². The molecule has 1 amide bonds. The van der Waals surface area contributed by atoms with Crippen LogP contribution in [0.2, 0.25) is 5.02 Å². The van der Waals surface area contributed by atoms with Crippen molar-refractivity contribution in [3.05, 3.63) is 34.6 Å². The maximum absolute atomic E-state index is 13.8. The van der Waals surface area contributed by atoms with Crippen molar-refractivity contribution in [1.29, 1.82) is 0 Å². The summed E-state index contributed by atoms with van der Waals surface area (Å²) in [7, 11) is 0. The van der Waals surface area contributed by atoms with Gasteiger partial charge in [-0.3, -0.25) is 4.79 Å². The van der Waals surface area contributed by atoms with Crippen LogP contribution in [0.15, 0.2) is 18.2 Å². The Hall–Kier alpha value is -0.800. The Labute approximate surface area is 123 Å². The Balaban J connectivity index is 3.08. The van der Waals surface area contributed by atoms with Gasteiger partial charge in [0.2, 0.25) is 0 Å². The maximum Gasteiger partial charge on any atom is 0.257 e. The van der Waals surface area contributed by atoms with Crippen LogP contribution in [0.25, 0.3) is 0 Å². The topological polar surface area (TPSA) is 20.3 Å². The number of hydrogen-bond donors (Lipinski definition) is 0. The molecule has 0 fully saturated rings. The van der Waals surface area contributed by atoms with Crippen molar-refractivity contribution in [3.8, 4) is 0 Å². The third-order valence-electron chi connectivity index (χ3n) is 3.13. The Morgan fingerprint density at radius 1 is 1.37 bits per heavy atom. The molecule has 5 heteroatoms. The van der Waals surface area contributed by atoms with E-state index >= 15 is 0 Å². The van der Waals surface area contributed by atoms with Gasteiger partial charge in [0, 0.05) is 23.5 Å². The van der Waals surface area contributed by atoms with Crippen LogP contribution in [0.5, 0.6) is 0 Å². The number of carbonyl (C=O) groups excluding carboxylic acids is 1. The van der Waals surface area contributed by atoms with Crippen molar-refractivity contribution in [1.82, 2.24) is 4.90 Å². The zero-order chi connectivity index (χ0) is 14.4. The number of halogens is 3. The lowest BCUT2D eigenvalue weighted by atomic mass is 10.1. The molecule has 0 atom stereocenters. The van der Waals surface area contributed by atoms with Gasteiger partial charge in [-0.05, 0) is 31.0 Å². The second kappa shape index (κ2) is 7.71. The lowest BCUT2D eigenvalue weighted by molar-refractivity contribution is 0.0677. The molecule has 0 saturated heterocycles. The highest BCUT2D eigenvalue weighted by Gasteiger charge is 2.24. The molecule has 106 valence electrons. The van der Waals surface area contributed by atoms with E-state index in [-0.39, 0.29) is 17.5 Å². The summed E-state index contributed by atoms with van der Waals surface area (Å²) in [5.74, 6) is -0.584. The van der Waals surface area contributed by atoms with E-state index < -0.39 is 5.82 Å². The highest BCUT2D eigenvalue weighted by molar-refractivity contribution is 6.31. The average Bonchev–Trinajstić information content (AvgIpc) is 2.41. The third-order valence-corrected chi connectivity index (χ3v) is 3.53. The molecule has 0 saturated carbocycles. The molecule has 0 aliphatic carbocycles. The van der Waals surface area contributed by atoms with Crippen LogP contribution in [0, 0.1) is 5.82 Å². The normalized spacial score (nSPS) is 10.8. The Morgan fingerprint density at radius 3 is 2.53 bits per heavy atom. The first-order valence-corrected chi connectivity index (χ1v) is 7.28. The van der Waals surface area contributed by atoms with Gasteiger partial charge in [0.05, 0.1) is 5.56 Å². The molecule has 19 heavy (non-hydrogen) atoms. The zero-order valence-electron chi connectivity index (χ0n) is 11.1. The number of hydrogen-bond acceptors (Lipinski definition) is 1. The van der Waals surface area contributed by atoms with Crippen molar-refractivity contribution in [2.75, 3.05) is 12.4 Å². The average molecular weight is 306 g/mol. The number of alkyl halides is 1. The molecule has 1 aromatic rings. The fraction of sp³-hybridized carbons (Fsp3) is 0.500. The Morgan fingerprint density at radius 2 is 2.00 bits per heavy atom. The van der Waals surface area contributed by atoms with E-state index in [2.05, 4.69) is 0 Å². The first-order chi connectivity index (χ1) is 9.04. The summed E-state index contributed by atoms with van der Waals surface area (Å²) in [6.45, 7) is 4.40. The van der Waals surface area contributed by atoms with Crippen LogP contribution in [0.1, 0.15) is 37.0 Å². The van der Waals surface area contributed by atoms with Crippen molar-refractivity contribution < 1.29 is 9.18 Å². The van der Waals surface area contributed by atoms with Gasteiger partial charge in [0.25, 0.3) is 5.91 Å². The highest BCUT2D eigenvalue weighted by atomic mass is 35.5. The second-order valence-corrected chi connectivity index (χ2v) is 5.10. The first-order valence-electron chi connectivity index (χ1n) is 6.37. The second-order valence-electron chi connectivity index (χ2n) is 4.28. The van der Waals surface area contributed by atoms with Crippen LogP contribution >= 0.6 is 23.2 Å². The van der Waals surface area contributed by atoms with Crippen LogP contribution in [0.3, 0.4) is 0 Å². The van der Waals surface area contributed by atoms with E-state index in [1.54, 1.807) is 4.90 Å². The van der Waals surface area contributed by atoms with Gasteiger partial charge in [-0.2, -0.15) is 0 Å². The van der Waals surface area contributed by atoms with Gasteiger partial charge in [-0.1, -0.05) is 25.4 Å². The van der Waals surface area contributed by atoms with Gasteiger partial charge < -0.3 is 4.90 Å². The van der Waals surface area contributed by atoms with E-state index in [1.807, 2.05) is 13.8 Å². The molecule has 0 heterocycles. The fourth-order valence-corrected chi connectivity index (χ4v) is 2.44. The minimum atomic E-state index is -0.556. The standard InChI is InChI=1S/C14H18Cl2FNO/c1-3-11(4-2)18(8-7-15)14(19)12-9-10(16)5-6-13(12)17/h5-6,9,11H,3-4,7-8H2,1-2H3. The van der Waals surface area contributed by atoms with Gasteiger partial charge >= 0.3 is 0 Å². The predicted molar refractivity (Wildman–Crippen MR) is 77.5 cm³/mol. The molecule has 0 unspecified atom stereocenters. The molecule has 0 radical (unpaired) electrons. The monoisotopic (exact) mass is 305 g/mol. The highest BCUT2D eigenvalue weighted by Crippen LogP contribution is 2.19. The molecule has 0 bridgehead atoms. The quantitative estimate of drug-likeness (QED) is 0.716. The van der Waals surface area contributed by atoms with Crippen LogP contribution in [0.4, 0.5) is 4.39 Å². The van der Waals surface area contributed by atoms with Crippen molar-refractivity contribution in [2.45, 2.75) is 32.7 Å². The maximum atomic E-state index is 13.8. The minimum Gasteiger partial charge on any atom is -0.334 e. The predicted octanol–water partition coefficient (Wildman–Crippen LogP) is 4.35. The molecule has 0 spiro atoms. The van der Waals surface area contributed by atoms with Gasteiger partial charge in [0.15, 0.2) is 0 Å². The van der Waals surface area contributed by atoms with Crippen molar-refractivity contribution in [3.63, 3.8) is 0 Å². The molecular weight excluding hydrogens is 288 g/mol. The lowest BCUT2D eigenvalue weighted by Crippen LogP contribution is -2.41. The minimum absolute atomic E-state index is 0.00418. The number of nitrogens with zero attached hydrogens (tertiary/aromatic N) is 1. The summed E-state index contributed by atoms with van der Waals surface area (Å²) in [4.78, 5) is 14.1. The summed E-state index contributed by atoms with van der Waals surface area (Å²) in [5.41, 5.74) is 0.00418. The van der Waals surface area contributed by atoms with Gasteiger partial charge in [-0.15, -0.1) is 11.6 Å². The first kappa shape index (κ1) is 16.3. The molecule has 1 aromatic carbocycles. The van der Waals surface area contributed by atoms with Gasteiger partial charge in [-0.25, -0.2) is 4.39 Å². The SMILES string of the molecule is CCC(CC)N(CCCl)C(=O)c1cc(Cl)ccc1F. The van der Waals surface area contributed by atoms with Gasteiger partial charge in [0.1, 0.15) is 5.82 Å². The van der Waals surface area contributed by atoms with E-state index in [4.69, 9.17) is 23.2 Å². The Kier molecular flexibility index (Phi) is 6.59. The fourth-order valence-electron chi connectivity index (χ4n) is 2.09. The molecular formula is C14H18Cl2FNO. The molecule has 0 aliphatic rings. The van der Waals surface area contributed by atoms with E-state index in [9.17, 15) is 9.18 Å². The molecule has 1 rings (SSSR count). The summed E-state index contributed by atoms with van der Waals surface area (Å²) in [5, 5.41) is 0.347. The number of amides is 1. The third kappa shape index (κ3) is 4.08. The Bertz CT molecular complexity index is 435. The molecule has 0 N–H and O–H groups in total. The summed E-state index contributed by atoms with van der Waals surface area (Å²) >= 11 is 11.6. The summed E-state index contributed by atoms with van der Waals surface area (Å²) in [6, 6.07) is 4.06. The van der Waals surface area contributed by atoms with E-state index in [0.717, 1.165) is 12.8 Å². The van der Waals surface area contributed by atoms with E-state index in [1.165, 1.54) is 18.2 Å².